The number of hydrogen-bond acceptors (Lipinski definition) is 4. The van der Waals surface area contributed by atoms with Gasteiger partial charge in [-0.15, -0.1) is 24.0 Å². The number of ether oxygens (including phenoxy) is 1. The first-order valence-electron chi connectivity index (χ1n) is 8.75. The Bertz CT molecular complexity index is 573. The Labute approximate surface area is 173 Å². The summed E-state index contributed by atoms with van der Waals surface area (Å²) in [7, 11) is 0. The van der Waals surface area contributed by atoms with Crippen molar-refractivity contribution in [3.63, 3.8) is 0 Å². The summed E-state index contributed by atoms with van der Waals surface area (Å²) < 4.78 is 5.65. The number of rotatable bonds is 8. The van der Waals surface area contributed by atoms with Gasteiger partial charge in [-0.25, -0.2) is 9.98 Å². The van der Waals surface area contributed by atoms with Crippen LogP contribution < -0.4 is 20.7 Å². The molecule has 1 amide bonds. The Balaban J connectivity index is 0.00000625. The Morgan fingerprint density at radius 1 is 1.27 bits per heavy atom. The van der Waals surface area contributed by atoms with Gasteiger partial charge in [-0.1, -0.05) is 13.0 Å². The molecule has 8 heteroatoms. The number of carbonyl (C=O) groups excluding carboxylic acids is 1. The fourth-order valence-corrected chi connectivity index (χ4v) is 2.01. The van der Waals surface area contributed by atoms with E-state index < -0.39 is 0 Å². The van der Waals surface area contributed by atoms with Crippen LogP contribution in [0, 0.1) is 0 Å². The molecule has 7 nitrogen and oxygen atoms in total. The lowest BCUT2D eigenvalue weighted by Gasteiger charge is -2.21. The molecule has 0 aliphatic heterocycles. The van der Waals surface area contributed by atoms with Crippen molar-refractivity contribution in [2.45, 2.75) is 53.1 Å². The van der Waals surface area contributed by atoms with Crippen LogP contribution in [0.1, 0.15) is 46.6 Å². The zero-order valence-electron chi connectivity index (χ0n) is 16.4. The quantitative estimate of drug-likeness (QED) is 0.304. The molecule has 0 unspecified atom stereocenters. The zero-order valence-corrected chi connectivity index (χ0v) is 18.7. The van der Waals surface area contributed by atoms with Crippen LogP contribution in [0.4, 0.5) is 0 Å². The van der Waals surface area contributed by atoms with E-state index in [1.807, 2.05) is 39.8 Å². The molecule has 3 N–H and O–H groups in total. The Morgan fingerprint density at radius 2 is 2.00 bits per heavy atom. The highest BCUT2D eigenvalue weighted by atomic mass is 127. The van der Waals surface area contributed by atoms with E-state index in [1.54, 1.807) is 6.20 Å². The van der Waals surface area contributed by atoms with Gasteiger partial charge < -0.3 is 20.7 Å². The fraction of sp³-hybridized carbons (Fsp3) is 0.611. The van der Waals surface area contributed by atoms with Crippen molar-refractivity contribution in [3.8, 4) is 5.88 Å². The van der Waals surface area contributed by atoms with Gasteiger partial charge in [-0.05, 0) is 40.2 Å². The van der Waals surface area contributed by atoms with Gasteiger partial charge in [0.2, 0.25) is 11.8 Å². The minimum Gasteiger partial charge on any atom is -0.477 e. The molecule has 1 rings (SSSR count). The standard InChI is InChI=1S/C18H31N5O2.HI/c1-6-11-25-16-14(9-8-10-20-16)12-21-17(19-7-2)22-13-15(24)23-18(3,4)5;/h8-10H,6-7,11-13H2,1-5H3,(H,23,24)(H2,19,21,22);1H. The van der Waals surface area contributed by atoms with Crippen LogP contribution >= 0.6 is 24.0 Å². The van der Waals surface area contributed by atoms with E-state index in [2.05, 4.69) is 32.9 Å². The smallest absolute Gasteiger partial charge is 0.239 e. The molecule has 0 spiro atoms. The molecule has 0 aliphatic rings. The van der Waals surface area contributed by atoms with Gasteiger partial charge in [0.25, 0.3) is 0 Å². The summed E-state index contributed by atoms with van der Waals surface area (Å²) in [6.45, 7) is 11.8. The molecule has 148 valence electrons. The minimum absolute atomic E-state index is 0. The van der Waals surface area contributed by atoms with Crippen molar-refractivity contribution in [2.75, 3.05) is 19.7 Å². The van der Waals surface area contributed by atoms with Crippen molar-refractivity contribution in [2.24, 2.45) is 4.99 Å². The summed E-state index contributed by atoms with van der Waals surface area (Å²) in [6.07, 6.45) is 2.63. The Morgan fingerprint density at radius 3 is 2.62 bits per heavy atom. The second kappa shape index (κ2) is 12.7. The van der Waals surface area contributed by atoms with Crippen LogP contribution in [0.15, 0.2) is 23.3 Å². The van der Waals surface area contributed by atoms with Crippen molar-refractivity contribution >= 4 is 35.8 Å². The first-order valence-corrected chi connectivity index (χ1v) is 8.75. The maximum atomic E-state index is 11.9. The third kappa shape index (κ3) is 10.4. The number of aromatic nitrogens is 1. The van der Waals surface area contributed by atoms with Gasteiger partial charge in [0, 0.05) is 23.8 Å². The molecule has 0 bridgehead atoms. The van der Waals surface area contributed by atoms with Gasteiger partial charge in [0.05, 0.1) is 19.7 Å². The van der Waals surface area contributed by atoms with Crippen LogP contribution in [-0.4, -0.2) is 42.1 Å². The van der Waals surface area contributed by atoms with Gasteiger partial charge in [0.1, 0.15) is 0 Å². The Kier molecular flexibility index (Phi) is 11.9. The van der Waals surface area contributed by atoms with Gasteiger partial charge >= 0.3 is 0 Å². The van der Waals surface area contributed by atoms with Crippen LogP contribution in [0.5, 0.6) is 5.88 Å². The normalized spacial score (nSPS) is 11.3. The molecule has 0 atom stereocenters. The lowest BCUT2D eigenvalue weighted by Crippen LogP contribution is -2.48. The molecular formula is C18H32IN5O2. The molecule has 1 heterocycles. The summed E-state index contributed by atoms with van der Waals surface area (Å²) >= 11 is 0. The number of hydrogen-bond donors (Lipinski definition) is 3. The summed E-state index contributed by atoms with van der Waals surface area (Å²) in [5.41, 5.74) is 0.655. The number of carbonyl (C=O) groups is 1. The molecule has 1 aromatic rings. The van der Waals surface area contributed by atoms with Gasteiger partial charge in [0.15, 0.2) is 5.96 Å². The van der Waals surface area contributed by atoms with Crippen molar-refractivity contribution < 1.29 is 9.53 Å². The number of pyridine rings is 1. The average molecular weight is 477 g/mol. The largest absolute Gasteiger partial charge is 0.477 e. The topological polar surface area (TPSA) is 87.6 Å². The SMILES string of the molecule is CCCOc1ncccc1CN=C(NCC)NCC(=O)NC(C)(C)C.I. The van der Waals surface area contributed by atoms with Crippen molar-refractivity contribution in [3.05, 3.63) is 23.9 Å². The maximum absolute atomic E-state index is 11.9. The number of guanidine groups is 1. The van der Waals surface area contributed by atoms with Crippen LogP contribution in [-0.2, 0) is 11.3 Å². The van der Waals surface area contributed by atoms with Crippen LogP contribution in [0.2, 0.25) is 0 Å². The molecule has 0 radical (unpaired) electrons. The van der Waals surface area contributed by atoms with E-state index in [4.69, 9.17) is 4.74 Å². The molecule has 26 heavy (non-hydrogen) atoms. The van der Waals surface area contributed by atoms with E-state index in [0.717, 1.165) is 12.0 Å². The minimum atomic E-state index is -0.254. The molecule has 0 aliphatic carbocycles. The number of nitrogens with one attached hydrogen (secondary N) is 3. The zero-order chi connectivity index (χ0) is 18.7. The van der Waals surface area contributed by atoms with E-state index in [9.17, 15) is 4.79 Å². The predicted octanol–water partition coefficient (Wildman–Crippen LogP) is 2.46. The lowest BCUT2D eigenvalue weighted by atomic mass is 10.1. The molecule has 0 saturated heterocycles. The number of aliphatic imine (C=N–C) groups is 1. The summed E-state index contributed by atoms with van der Waals surface area (Å²) in [6, 6.07) is 3.80. The van der Waals surface area contributed by atoms with Gasteiger partial charge in [-0.2, -0.15) is 0 Å². The molecule has 0 fully saturated rings. The van der Waals surface area contributed by atoms with Crippen LogP contribution in [0.25, 0.3) is 0 Å². The summed E-state index contributed by atoms with van der Waals surface area (Å²) in [4.78, 5) is 20.7. The predicted molar refractivity (Wildman–Crippen MR) is 116 cm³/mol. The highest BCUT2D eigenvalue weighted by Gasteiger charge is 2.13. The lowest BCUT2D eigenvalue weighted by molar-refractivity contribution is -0.121. The highest BCUT2D eigenvalue weighted by molar-refractivity contribution is 14.0. The fourth-order valence-electron chi connectivity index (χ4n) is 2.01. The van der Waals surface area contributed by atoms with E-state index in [-0.39, 0.29) is 42.0 Å². The number of nitrogens with zero attached hydrogens (tertiary/aromatic N) is 2. The van der Waals surface area contributed by atoms with E-state index in [1.165, 1.54) is 0 Å². The average Bonchev–Trinajstić information content (AvgIpc) is 2.54. The first kappa shape index (κ1) is 24.4. The molecule has 0 saturated carbocycles. The number of halogens is 1. The summed E-state index contributed by atoms with van der Waals surface area (Å²) in [5, 5.41) is 9.08. The van der Waals surface area contributed by atoms with E-state index in [0.29, 0.717) is 31.5 Å². The first-order chi connectivity index (χ1) is 11.9. The number of amides is 1. The molecular weight excluding hydrogens is 445 g/mol. The second-order valence-corrected chi connectivity index (χ2v) is 6.66. The van der Waals surface area contributed by atoms with E-state index >= 15 is 0 Å². The second-order valence-electron chi connectivity index (χ2n) is 6.66. The van der Waals surface area contributed by atoms with Gasteiger partial charge in [-0.3, -0.25) is 4.79 Å². The third-order valence-corrected chi connectivity index (χ3v) is 2.98. The third-order valence-electron chi connectivity index (χ3n) is 2.98. The summed E-state index contributed by atoms with van der Waals surface area (Å²) in [5.74, 6) is 1.11. The van der Waals surface area contributed by atoms with Crippen molar-refractivity contribution in [1.82, 2.24) is 20.9 Å². The molecule has 0 aromatic carbocycles. The monoisotopic (exact) mass is 477 g/mol. The molecule has 1 aromatic heterocycles. The van der Waals surface area contributed by atoms with Crippen molar-refractivity contribution in [1.29, 1.82) is 0 Å². The van der Waals surface area contributed by atoms with Crippen LogP contribution in [0.3, 0.4) is 0 Å². The maximum Gasteiger partial charge on any atom is 0.239 e. The highest BCUT2D eigenvalue weighted by Crippen LogP contribution is 2.15. The Hall–Kier alpha value is -1.58.